The topological polar surface area (TPSA) is 28.9 Å². The first-order chi connectivity index (χ1) is 12.6. The van der Waals surface area contributed by atoms with E-state index < -0.39 is 0 Å². The number of rotatable bonds is 5. The molecule has 4 heteroatoms. The third kappa shape index (κ3) is 4.03. The van der Waals surface area contributed by atoms with Crippen LogP contribution in [0.15, 0.2) is 46.9 Å². The molecule has 140 valence electrons. The zero-order chi connectivity index (χ0) is 18.0. The molecule has 0 aliphatic carbocycles. The van der Waals surface area contributed by atoms with Gasteiger partial charge >= 0.3 is 0 Å². The Balaban J connectivity index is 1.28. The largest absolute Gasteiger partial charge is 0.465 e. The molecular formula is C22H30N2O2. The summed E-state index contributed by atoms with van der Waals surface area (Å²) < 4.78 is 12.1. The molecule has 26 heavy (non-hydrogen) atoms. The number of piperidine rings is 1. The molecule has 0 N–H and O–H groups in total. The highest BCUT2D eigenvalue weighted by Gasteiger charge is 2.43. The van der Waals surface area contributed by atoms with Gasteiger partial charge in [-0.3, -0.25) is 9.80 Å². The van der Waals surface area contributed by atoms with E-state index in [1.54, 1.807) is 0 Å². The third-order valence-corrected chi connectivity index (χ3v) is 6.03. The molecule has 2 saturated heterocycles. The van der Waals surface area contributed by atoms with Crippen LogP contribution in [-0.2, 0) is 17.8 Å². The number of likely N-dealkylation sites (tertiary alicyclic amines) is 1. The van der Waals surface area contributed by atoms with Crippen LogP contribution in [0.1, 0.15) is 36.3 Å². The Kier molecular flexibility index (Phi) is 5.16. The monoisotopic (exact) mass is 354 g/mol. The van der Waals surface area contributed by atoms with Gasteiger partial charge in [0.25, 0.3) is 0 Å². The molecule has 0 unspecified atom stereocenters. The minimum atomic E-state index is 0.0885. The molecule has 1 spiro atoms. The van der Waals surface area contributed by atoms with Gasteiger partial charge in [-0.05, 0) is 50.9 Å². The molecule has 4 nitrogen and oxygen atoms in total. The summed E-state index contributed by atoms with van der Waals surface area (Å²) in [6, 6.07) is 15.4. The average Bonchev–Trinajstić information content (AvgIpc) is 3.25. The molecule has 1 aromatic carbocycles. The summed E-state index contributed by atoms with van der Waals surface area (Å²) in [6.07, 6.45) is 3.41. The summed E-state index contributed by atoms with van der Waals surface area (Å²) >= 11 is 0. The van der Waals surface area contributed by atoms with Crippen molar-refractivity contribution in [3.8, 4) is 0 Å². The standard InChI is InChI=1S/C22H30N2O2/c1-18-8-9-21(26-18)16-24-12-10-22(11-13-24)14-20(17-25-22)23(2)15-19-6-4-3-5-7-19/h3-9,20H,10-17H2,1-2H3/t20-/m0/s1. The first-order valence-electron chi connectivity index (χ1n) is 9.78. The molecular weight excluding hydrogens is 324 g/mol. The van der Waals surface area contributed by atoms with E-state index >= 15 is 0 Å². The summed E-state index contributed by atoms with van der Waals surface area (Å²) in [7, 11) is 2.23. The molecule has 0 radical (unpaired) electrons. The minimum absolute atomic E-state index is 0.0885. The first kappa shape index (κ1) is 17.8. The maximum atomic E-state index is 6.36. The Morgan fingerprint density at radius 1 is 1.12 bits per heavy atom. The van der Waals surface area contributed by atoms with Crippen molar-refractivity contribution in [2.75, 3.05) is 26.7 Å². The van der Waals surface area contributed by atoms with Crippen LogP contribution in [0, 0.1) is 6.92 Å². The summed E-state index contributed by atoms with van der Waals surface area (Å²) in [5, 5.41) is 0. The van der Waals surface area contributed by atoms with Crippen LogP contribution in [0.25, 0.3) is 0 Å². The molecule has 1 atom stereocenters. The molecule has 2 aliphatic rings. The molecule has 0 saturated carbocycles. The molecule has 2 aliphatic heterocycles. The van der Waals surface area contributed by atoms with E-state index in [-0.39, 0.29) is 5.60 Å². The Labute approximate surface area is 156 Å². The number of aryl methyl sites for hydroxylation is 1. The SMILES string of the molecule is Cc1ccc(CN2CCC3(CC2)C[C@H](N(C)Cc2ccccc2)CO3)o1. The first-order valence-corrected chi connectivity index (χ1v) is 9.78. The van der Waals surface area contributed by atoms with Gasteiger partial charge in [0.05, 0.1) is 18.8 Å². The van der Waals surface area contributed by atoms with Gasteiger partial charge in [-0.2, -0.15) is 0 Å². The molecule has 2 aromatic rings. The van der Waals surface area contributed by atoms with Crippen molar-refractivity contribution in [2.24, 2.45) is 0 Å². The molecule has 0 amide bonds. The van der Waals surface area contributed by atoms with Crippen LogP contribution in [0.3, 0.4) is 0 Å². The van der Waals surface area contributed by atoms with Gasteiger partial charge in [0, 0.05) is 25.7 Å². The highest BCUT2D eigenvalue weighted by molar-refractivity contribution is 5.14. The zero-order valence-corrected chi connectivity index (χ0v) is 16.0. The van der Waals surface area contributed by atoms with Crippen LogP contribution in [0.4, 0.5) is 0 Å². The lowest BCUT2D eigenvalue weighted by atomic mass is 9.87. The fourth-order valence-electron chi connectivity index (χ4n) is 4.36. The number of benzene rings is 1. The number of hydrogen-bond acceptors (Lipinski definition) is 4. The van der Waals surface area contributed by atoms with Gasteiger partial charge in [0.2, 0.25) is 0 Å². The third-order valence-electron chi connectivity index (χ3n) is 6.03. The van der Waals surface area contributed by atoms with Crippen molar-refractivity contribution in [1.82, 2.24) is 9.80 Å². The Bertz CT molecular complexity index is 704. The average molecular weight is 354 g/mol. The van der Waals surface area contributed by atoms with Crippen LogP contribution < -0.4 is 0 Å². The lowest BCUT2D eigenvalue weighted by molar-refractivity contribution is -0.0461. The van der Waals surface area contributed by atoms with Crippen molar-refractivity contribution >= 4 is 0 Å². The second-order valence-corrected chi connectivity index (χ2v) is 8.04. The van der Waals surface area contributed by atoms with Crippen molar-refractivity contribution in [2.45, 2.75) is 50.9 Å². The van der Waals surface area contributed by atoms with Crippen molar-refractivity contribution < 1.29 is 9.15 Å². The van der Waals surface area contributed by atoms with E-state index in [1.807, 2.05) is 13.0 Å². The van der Waals surface area contributed by atoms with E-state index in [1.165, 1.54) is 5.56 Å². The molecule has 3 heterocycles. The van der Waals surface area contributed by atoms with Crippen LogP contribution >= 0.6 is 0 Å². The second-order valence-electron chi connectivity index (χ2n) is 8.04. The van der Waals surface area contributed by atoms with Gasteiger partial charge in [-0.25, -0.2) is 0 Å². The van der Waals surface area contributed by atoms with Crippen molar-refractivity contribution in [3.05, 3.63) is 59.5 Å². The number of hydrogen-bond donors (Lipinski definition) is 0. The van der Waals surface area contributed by atoms with Crippen LogP contribution in [0.5, 0.6) is 0 Å². The number of likely N-dealkylation sites (N-methyl/N-ethyl adjacent to an activating group) is 1. The van der Waals surface area contributed by atoms with Crippen LogP contribution in [-0.4, -0.2) is 48.2 Å². The van der Waals surface area contributed by atoms with E-state index in [4.69, 9.17) is 9.15 Å². The van der Waals surface area contributed by atoms with E-state index in [0.717, 1.165) is 63.6 Å². The Morgan fingerprint density at radius 2 is 1.88 bits per heavy atom. The fourth-order valence-corrected chi connectivity index (χ4v) is 4.36. The number of furan rings is 1. The number of ether oxygens (including phenoxy) is 1. The summed E-state index contributed by atoms with van der Waals surface area (Å²) in [4.78, 5) is 4.95. The Hall–Kier alpha value is -1.62. The Morgan fingerprint density at radius 3 is 2.58 bits per heavy atom. The predicted octanol–water partition coefficient (Wildman–Crippen LogP) is 3.84. The molecule has 0 bridgehead atoms. The fraction of sp³-hybridized carbons (Fsp3) is 0.545. The normalized spacial score (nSPS) is 23.1. The van der Waals surface area contributed by atoms with E-state index in [0.29, 0.717) is 6.04 Å². The van der Waals surface area contributed by atoms with Gasteiger partial charge < -0.3 is 9.15 Å². The smallest absolute Gasteiger partial charge is 0.118 e. The molecule has 2 fully saturated rings. The van der Waals surface area contributed by atoms with Crippen molar-refractivity contribution in [1.29, 1.82) is 0 Å². The van der Waals surface area contributed by atoms with Crippen LogP contribution in [0.2, 0.25) is 0 Å². The van der Waals surface area contributed by atoms with E-state index in [9.17, 15) is 0 Å². The van der Waals surface area contributed by atoms with Gasteiger partial charge in [-0.1, -0.05) is 30.3 Å². The van der Waals surface area contributed by atoms with Gasteiger partial charge in [0.1, 0.15) is 11.5 Å². The maximum Gasteiger partial charge on any atom is 0.118 e. The summed E-state index contributed by atoms with van der Waals surface area (Å²) in [5.74, 6) is 2.07. The van der Waals surface area contributed by atoms with Gasteiger partial charge in [-0.15, -0.1) is 0 Å². The predicted molar refractivity (Wildman–Crippen MR) is 103 cm³/mol. The maximum absolute atomic E-state index is 6.36. The highest BCUT2D eigenvalue weighted by atomic mass is 16.5. The lowest BCUT2D eigenvalue weighted by Crippen LogP contribution is -2.44. The highest BCUT2D eigenvalue weighted by Crippen LogP contribution is 2.38. The second kappa shape index (κ2) is 7.55. The summed E-state index contributed by atoms with van der Waals surface area (Å²) in [5.41, 5.74) is 1.46. The molecule has 1 aromatic heterocycles. The summed E-state index contributed by atoms with van der Waals surface area (Å²) in [6.45, 7) is 6.97. The van der Waals surface area contributed by atoms with Gasteiger partial charge in [0.15, 0.2) is 0 Å². The molecule has 4 rings (SSSR count). The van der Waals surface area contributed by atoms with Crippen molar-refractivity contribution in [3.63, 3.8) is 0 Å². The minimum Gasteiger partial charge on any atom is -0.465 e. The van der Waals surface area contributed by atoms with E-state index in [2.05, 4.69) is 53.2 Å². The zero-order valence-electron chi connectivity index (χ0n) is 16.0. The quantitative estimate of drug-likeness (QED) is 0.816. The lowest BCUT2D eigenvalue weighted by Gasteiger charge is -2.38. The number of nitrogens with zero attached hydrogens (tertiary/aromatic N) is 2.